The van der Waals surface area contributed by atoms with Crippen LogP contribution in [0.25, 0.3) is 0 Å². The maximum absolute atomic E-state index is 12.2. The van der Waals surface area contributed by atoms with Gasteiger partial charge < -0.3 is 5.32 Å². The molecule has 2 aromatic rings. The minimum atomic E-state index is -3.32. The van der Waals surface area contributed by atoms with Crippen LogP contribution in [0.4, 0.5) is 11.4 Å². The fourth-order valence-electron chi connectivity index (χ4n) is 2.55. The van der Waals surface area contributed by atoms with Gasteiger partial charge in [0.05, 0.1) is 22.0 Å². The quantitative estimate of drug-likeness (QED) is 0.906. The van der Waals surface area contributed by atoms with Gasteiger partial charge in [-0.3, -0.25) is 14.1 Å². The number of sulfonamides is 1. The summed E-state index contributed by atoms with van der Waals surface area (Å²) in [4.78, 5) is 16.0. The van der Waals surface area contributed by atoms with Crippen molar-refractivity contribution in [2.24, 2.45) is 0 Å². The number of carbonyl (C=O) groups excluding carboxylic acids is 1. The molecule has 0 spiro atoms. The van der Waals surface area contributed by atoms with Gasteiger partial charge in [-0.1, -0.05) is 11.6 Å². The summed E-state index contributed by atoms with van der Waals surface area (Å²) in [7, 11) is -3.32. The van der Waals surface area contributed by atoms with Gasteiger partial charge in [-0.2, -0.15) is 0 Å². The van der Waals surface area contributed by atoms with E-state index in [2.05, 4.69) is 10.3 Å². The van der Waals surface area contributed by atoms with Gasteiger partial charge in [0.2, 0.25) is 10.0 Å². The van der Waals surface area contributed by atoms with Crippen LogP contribution in [0.15, 0.2) is 42.7 Å². The van der Waals surface area contributed by atoms with Crippen molar-refractivity contribution in [2.75, 3.05) is 21.9 Å². The van der Waals surface area contributed by atoms with Crippen molar-refractivity contribution in [1.29, 1.82) is 0 Å². The maximum atomic E-state index is 12.2. The van der Waals surface area contributed by atoms with Gasteiger partial charge in [0.15, 0.2) is 0 Å². The summed E-state index contributed by atoms with van der Waals surface area (Å²) in [6, 6.07) is 8.13. The number of nitrogens with one attached hydrogen (secondary N) is 1. The Labute approximate surface area is 145 Å². The highest BCUT2D eigenvalue weighted by molar-refractivity contribution is 7.92. The molecule has 0 radical (unpaired) electrons. The molecule has 1 saturated heterocycles. The molecule has 6 nitrogen and oxygen atoms in total. The summed E-state index contributed by atoms with van der Waals surface area (Å²) < 4.78 is 25.7. The van der Waals surface area contributed by atoms with Gasteiger partial charge in [0.25, 0.3) is 5.91 Å². The number of amides is 1. The highest BCUT2D eigenvalue weighted by atomic mass is 35.5. The third-order valence-electron chi connectivity index (χ3n) is 3.75. The topological polar surface area (TPSA) is 79.4 Å². The lowest BCUT2D eigenvalue weighted by Gasteiger charge is -2.29. The molecule has 0 atom stereocenters. The minimum absolute atomic E-state index is 0.128. The van der Waals surface area contributed by atoms with Gasteiger partial charge >= 0.3 is 0 Å². The molecule has 1 aliphatic heterocycles. The number of pyridine rings is 1. The van der Waals surface area contributed by atoms with Gasteiger partial charge in [0, 0.05) is 24.6 Å². The second kappa shape index (κ2) is 6.78. The van der Waals surface area contributed by atoms with Crippen molar-refractivity contribution in [3.05, 3.63) is 53.3 Å². The van der Waals surface area contributed by atoms with Gasteiger partial charge in [0.1, 0.15) is 0 Å². The van der Waals surface area contributed by atoms with E-state index in [4.69, 9.17) is 11.6 Å². The van der Waals surface area contributed by atoms with Crippen LogP contribution in [-0.2, 0) is 10.0 Å². The summed E-state index contributed by atoms with van der Waals surface area (Å²) in [5.74, 6) is -0.180. The maximum Gasteiger partial charge on any atom is 0.257 e. The standard InChI is InChI=1S/C16H16ClN3O3S/c17-14-10-13(19-16(21)12-4-3-7-18-11-12)5-6-15(14)20-8-1-2-9-24(20,22)23/h3-7,10-11H,1-2,8-9H2,(H,19,21). The van der Waals surface area contributed by atoms with Crippen LogP contribution in [0, 0.1) is 0 Å². The molecule has 1 aromatic carbocycles. The van der Waals surface area contributed by atoms with E-state index in [1.54, 1.807) is 36.5 Å². The highest BCUT2D eigenvalue weighted by Crippen LogP contribution is 2.32. The van der Waals surface area contributed by atoms with Crippen LogP contribution >= 0.6 is 11.6 Å². The molecule has 1 aliphatic rings. The third kappa shape index (κ3) is 3.52. The monoisotopic (exact) mass is 365 g/mol. The van der Waals surface area contributed by atoms with E-state index in [0.717, 1.165) is 6.42 Å². The number of hydrogen-bond donors (Lipinski definition) is 1. The summed E-state index contributed by atoms with van der Waals surface area (Å²) in [6.45, 7) is 0.420. The number of rotatable bonds is 3. The fourth-order valence-corrected chi connectivity index (χ4v) is 4.53. The number of nitrogens with zero attached hydrogens (tertiary/aromatic N) is 2. The molecule has 1 aromatic heterocycles. The fraction of sp³-hybridized carbons (Fsp3) is 0.250. The Morgan fingerprint density at radius 2 is 2.08 bits per heavy atom. The lowest BCUT2D eigenvalue weighted by atomic mass is 10.2. The second-order valence-electron chi connectivity index (χ2n) is 5.46. The van der Waals surface area contributed by atoms with E-state index in [1.165, 1.54) is 10.5 Å². The van der Waals surface area contributed by atoms with Crippen molar-refractivity contribution in [3.63, 3.8) is 0 Å². The smallest absolute Gasteiger partial charge is 0.257 e. The number of hydrogen-bond acceptors (Lipinski definition) is 4. The predicted octanol–water partition coefficient (Wildman–Crippen LogP) is 2.92. The molecule has 0 saturated carbocycles. The zero-order valence-electron chi connectivity index (χ0n) is 12.8. The first-order valence-corrected chi connectivity index (χ1v) is 9.47. The van der Waals surface area contributed by atoms with E-state index in [9.17, 15) is 13.2 Å². The van der Waals surface area contributed by atoms with Crippen LogP contribution in [0.2, 0.25) is 5.02 Å². The Kier molecular flexibility index (Phi) is 4.73. The Balaban J connectivity index is 1.81. The molecule has 1 fully saturated rings. The van der Waals surface area contributed by atoms with Crippen molar-refractivity contribution < 1.29 is 13.2 Å². The van der Waals surface area contributed by atoms with Crippen LogP contribution < -0.4 is 9.62 Å². The first-order chi connectivity index (χ1) is 11.5. The molecule has 3 rings (SSSR count). The number of halogens is 1. The summed E-state index contributed by atoms with van der Waals surface area (Å²) in [6.07, 6.45) is 4.51. The highest BCUT2D eigenvalue weighted by Gasteiger charge is 2.27. The lowest BCUT2D eigenvalue weighted by Crippen LogP contribution is -2.38. The average molecular weight is 366 g/mol. The summed E-state index contributed by atoms with van der Waals surface area (Å²) in [5.41, 5.74) is 1.36. The van der Waals surface area contributed by atoms with Crippen molar-refractivity contribution in [2.45, 2.75) is 12.8 Å². The first-order valence-electron chi connectivity index (χ1n) is 7.49. The van der Waals surface area contributed by atoms with E-state index >= 15 is 0 Å². The molecule has 8 heteroatoms. The van der Waals surface area contributed by atoms with Crippen LogP contribution in [0.1, 0.15) is 23.2 Å². The molecule has 0 unspecified atom stereocenters. The number of aromatic nitrogens is 1. The Morgan fingerprint density at radius 1 is 1.25 bits per heavy atom. The number of benzene rings is 1. The Hall–Kier alpha value is -2.12. The molecule has 1 N–H and O–H groups in total. The largest absolute Gasteiger partial charge is 0.322 e. The van der Waals surface area contributed by atoms with Crippen LogP contribution in [0.3, 0.4) is 0 Å². The SMILES string of the molecule is O=C(Nc1ccc(N2CCCCS2(=O)=O)c(Cl)c1)c1cccnc1. The lowest BCUT2D eigenvalue weighted by molar-refractivity contribution is 0.102. The molecule has 126 valence electrons. The van der Waals surface area contributed by atoms with E-state index < -0.39 is 10.0 Å². The first kappa shape index (κ1) is 16.7. The molecule has 1 amide bonds. The van der Waals surface area contributed by atoms with Gasteiger partial charge in [-0.05, 0) is 43.2 Å². The van der Waals surface area contributed by atoms with Crippen molar-refractivity contribution in [1.82, 2.24) is 4.98 Å². The minimum Gasteiger partial charge on any atom is -0.322 e. The van der Waals surface area contributed by atoms with E-state index in [1.807, 2.05) is 0 Å². The summed E-state index contributed by atoms with van der Waals surface area (Å²) in [5, 5.41) is 3.00. The zero-order valence-corrected chi connectivity index (χ0v) is 14.3. The predicted molar refractivity (Wildman–Crippen MR) is 94.0 cm³/mol. The molecule has 24 heavy (non-hydrogen) atoms. The normalized spacial score (nSPS) is 16.6. The zero-order chi connectivity index (χ0) is 17.2. The molecular weight excluding hydrogens is 350 g/mol. The van der Waals surface area contributed by atoms with E-state index in [-0.39, 0.29) is 16.7 Å². The van der Waals surface area contributed by atoms with Crippen LogP contribution in [-0.4, -0.2) is 31.6 Å². The average Bonchev–Trinajstić information content (AvgIpc) is 2.56. The van der Waals surface area contributed by atoms with E-state index in [0.29, 0.717) is 29.9 Å². The Morgan fingerprint density at radius 3 is 2.75 bits per heavy atom. The molecule has 0 bridgehead atoms. The molecule has 0 aliphatic carbocycles. The molecular formula is C16H16ClN3O3S. The van der Waals surface area contributed by atoms with Crippen molar-refractivity contribution in [3.8, 4) is 0 Å². The number of anilines is 2. The van der Waals surface area contributed by atoms with Crippen molar-refractivity contribution >= 4 is 38.9 Å². The number of carbonyl (C=O) groups is 1. The van der Waals surface area contributed by atoms with Crippen LogP contribution in [0.5, 0.6) is 0 Å². The second-order valence-corrected chi connectivity index (χ2v) is 7.88. The summed E-state index contributed by atoms with van der Waals surface area (Å²) >= 11 is 6.25. The third-order valence-corrected chi connectivity index (χ3v) is 5.91. The molecule has 2 heterocycles. The van der Waals surface area contributed by atoms with Gasteiger partial charge in [-0.15, -0.1) is 0 Å². The van der Waals surface area contributed by atoms with Gasteiger partial charge in [-0.25, -0.2) is 8.42 Å². The Bertz CT molecular complexity index is 856.